The van der Waals surface area contributed by atoms with Gasteiger partial charge >= 0.3 is 0 Å². The van der Waals surface area contributed by atoms with Crippen LogP contribution in [0.15, 0.2) is 16.5 Å². The first kappa shape index (κ1) is 10.4. The summed E-state index contributed by atoms with van der Waals surface area (Å²) in [6, 6.07) is 5.33. The molecule has 2 aliphatic heterocycles. The van der Waals surface area contributed by atoms with Crippen LogP contribution in [-0.2, 0) is 4.79 Å². The highest BCUT2D eigenvalue weighted by atomic mass is 16.3. The molecule has 5 nitrogen and oxygen atoms in total. The fourth-order valence-electron chi connectivity index (χ4n) is 2.65. The first-order valence-corrected chi connectivity index (χ1v) is 5.85. The highest BCUT2D eigenvalue weighted by Gasteiger charge is 2.42. The van der Waals surface area contributed by atoms with Gasteiger partial charge in [0.05, 0.1) is 6.04 Å². The molecule has 2 fully saturated rings. The number of furan rings is 1. The quantitative estimate of drug-likeness (QED) is 0.786. The van der Waals surface area contributed by atoms with E-state index in [2.05, 4.69) is 10.2 Å². The molecule has 0 bridgehead atoms. The van der Waals surface area contributed by atoms with Crippen molar-refractivity contribution in [2.45, 2.75) is 31.5 Å². The minimum atomic E-state index is -0.199. The van der Waals surface area contributed by atoms with Gasteiger partial charge in [0.2, 0.25) is 11.7 Å². The Labute approximate surface area is 99.0 Å². The number of carbonyl (C=O) groups excluding carboxylic acids is 1. The van der Waals surface area contributed by atoms with Crippen molar-refractivity contribution >= 4 is 5.91 Å². The van der Waals surface area contributed by atoms with Gasteiger partial charge < -0.3 is 9.73 Å². The van der Waals surface area contributed by atoms with E-state index in [1.54, 1.807) is 12.1 Å². The maximum Gasteiger partial charge on any atom is 0.239 e. The van der Waals surface area contributed by atoms with E-state index in [1.165, 1.54) is 0 Å². The summed E-state index contributed by atoms with van der Waals surface area (Å²) in [6.07, 6.45) is 2.92. The lowest BCUT2D eigenvalue weighted by molar-refractivity contribution is -0.122. The summed E-state index contributed by atoms with van der Waals surface area (Å²) in [5.41, 5.74) is 0. The molecule has 0 radical (unpaired) electrons. The van der Waals surface area contributed by atoms with Gasteiger partial charge in [0.15, 0.2) is 0 Å². The number of carbonyl (C=O) groups is 1. The lowest BCUT2D eigenvalue weighted by Gasteiger charge is -2.30. The first-order valence-electron chi connectivity index (χ1n) is 5.85. The third-order valence-corrected chi connectivity index (χ3v) is 3.46. The molecule has 1 aromatic heterocycles. The van der Waals surface area contributed by atoms with Gasteiger partial charge in [-0.05, 0) is 25.0 Å². The topological polar surface area (TPSA) is 69.3 Å². The molecule has 0 spiro atoms. The zero-order chi connectivity index (χ0) is 11.8. The van der Waals surface area contributed by atoms with Crippen molar-refractivity contribution in [1.82, 2.24) is 10.2 Å². The van der Waals surface area contributed by atoms with Crippen LogP contribution < -0.4 is 5.32 Å². The van der Waals surface area contributed by atoms with Crippen molar-refractivity contribution < 1.29 is 9.21 Å². The zero-order valence-corrected chi connectivity index (χ0v) is 9.35. The Morgan fingerprint density at radius 2 is 2.35 bits per heavy atom. The Bertz CT molecular complexity index is 488. The summed E-state index contributed by atoms with van der Waals surface area (Å²) in [5.74, 6) is 1.01. The lowest BCUT2D eigenvalue weighted by Crippen LogP contribution is -2.38. The van der Waals surface area contributed by atoms with Gasteiger partial charge in [-0.2, -0.15) is 5.26 Å². The minimum absolute atomic E-state index is 0.0237. The van der Waals surface area contributed by atoms with Crippen LogP contribution in [0.4, 0.5) is 0 Å². The Kier molecular flexibility index (Phi) is 2.37. The standard InChI is InChI=1S/C12H13N3O2/c13-7-8-4-5-10(17-8)11-14-12(16)9-3-1-2-6-15(9)11/h4-5,9,11H,1-3,6H2,(H,14,16)/t9-,11-/m0/s1. The Hall–Kier alpha value is -1.80. The van der Waals surface area contributed by atoms with E-state index in [4.69, 9.17) is 9.68 Å². The molecule has 17 heavy (non-hydrogen) atoms. The molecule has 0 aromatic carbocycles. The minimum Gasteiger partial charge on any atom is -0.447 e. The molecule has 3 rings (SSSR count). The number of rotatable bonds is 1. The number of hydrogen-bond acceptors (Lipinski definition) is 4. The molecule has 2 saturated heterocycles. The molecule has 3 heterocycles. The Morgan fingerprint density at radius 1 is 1.47 bits per heavy atom. The highest BCUT2D eigenvalue weighted by molar-refractivity contribution is 5.84. The highest BCUT2D eigenvalue weighted by Crippen LogP contribution is 2.32. The molecule has 2 aliphatic rings. The van der Waals surface area contributed by atoms with E-state index in [9.17, 15) is 4.79 Å². The van der Waals surface area contributed by atoms with Gasteiger partial charge in [0.1, 0.15) is 18.0 Å². The van der Waals surface area contributed by atoms with E-state index in [1.807, 2.05) is 6.07 Å². The van der Waals surface area contributed by atoms with Crippen molar-refractivity contribution in [2.75, 3.05) is 6.54 Å². The molecule has 88 valence electrons. The van der Waals surface area contributed by atoms with Crippen molar-refractivity contribution in [1.29, 1.82) is 5.26 Å². The van der Waals surface area contributed by atoms with Gasteiger partial charge in [-0.15, -0.1) is 0 Å². The fraction of sp³-hybridized carbons (Fsp3) is 0.500. The molecule has 1 N–H and O–H groups in total. The molecule has 0 aliphatic carbocycles. The number of piperidine rings is 1. The zero-order valence-electron chi connectivity index (χ0n) is 9.35. The first-order chi connectivity index (χ1) is 8.29. The van der Waals surface area contributed by atoms with Crippen LogP contribution in [0.25, 0.3) is 0 Å². The maximum atomic E-state index is 11.8. The Balaban J connectivity index is 1.88. The maximum absolute atomic E-state index is 11.8. The van der Waals surface area contributed by atoms with Crippen LogP contribution in [0.3, 0.4) is 0 Å². The second kappa shape index (κ2) is 3.90. The molecule has 5 heteroatoms. The summed E-state index contributed by atoms with van der Waals surface area (Å²) in [5, 5.41) is 11.7. The number of amides is 1. The SMILES string of the molecule is N#Cc1ccc([C@H]2NC(=O)[C@@H]3CCCCN23)o1. The van der Waals surface area contributed by atoms with Crippen molar-refractivity contribution in [3.63, 3.8) is 0 Å². The van der Waals surface area contributed by atoms with E-state index < -0.39 is 0 Å². The summed E-state index contributed by atoms with van der Waals surface area (Å²) < 4.78 is 5.40. The van der Waals surface area contributed by atoms with Crippen molar-refractivity contribution in [3.8, 4) is 6.07 Å². The third-order valence-electron chi connectivity index (χ3n) is 3.46. The third kappa shape index (κ3) is 1.61. The van der Waals surface area contributed by atoms with Gasteiger partial charge in [0, 0.05) is 6.54 Å². The van der Waals surface area contributed by atoms with E-state index in [0.29, 0.717) is 5.76 Å². The second-order valence-corrected chi connectivity index (χ2v) is 4.47. The predicted molar refractivity (Wildman–Crippen MR) is 58.7 cm³/mol. The molecule has 1 aromatic rings. The van der Waals surface area contributed by atoms with Crippen LogP contribution in [0.5, 0.6) is 0 Å². The van der Waals surface area contributed by atoms with Crippen molar-refractivity contribution in [2.24, 2.45) is 0 Å². The van der Waals surface area contributed by atoms with Crippen LogP contribution >= 0.6 is 0 Å². The normalized spacial score (nSPS) is 28.5. The van der Waals surface area contributed by atoms with Gasteiger partial charge in [-0.1, -0.05) is 6.42 Å². The average Bonchev–Trinajstić information content (AvgIpc) is 2.95. The summed E-state index contributed by atoms with van der Waals surface area (Å²) in [6.45, 7) is 0.899. The lowest BCUT2D eigenvalue weighted by atomic mass is 10.0. The number of hydrogen-bond donors (Lipinski definition) is 1. The summed E-state index contributed by atoms with van der Waals surface area (Å²) in [4.78, 5) is 13.9. The number of nitriles is 1. The monoisotopic (exact) mass is 231 g/mol. The second-order valence-electron chi connectivity index (χ2n) is 4.47. The molecule has 0 unspecified atom stereocenters. The molecule has 0 saturated carbocycles. The summed E-state index contributed by atoms with van der Waals surface area (Å²) in [7, 11) is 0. The van der Waals surface area contributed by atoms with Gasteiger partial charge in [-0.3, -0.25) is 9.69 Å². The largest absolute Gasteiger partial charge is 0.447 e. The van der Waals surface area contributed by atoms with Crippen LogP contribution in [0, 0.1) is 11.3 Å². The fourth-order valence-corrected chi connectivity index (χ4v) is 2.65. The number of nitrogens with one attached hydrogen (secondary N) is 1. The van der Waals surface area contributed by atoms with Crippen LogP contribution in [-0.4, -0.2) is 23.4 Å². The van der Waals surface area contributed by atoms with Crippen LogP contribution in [0.1, 0.15) is 36.9 Å². The molecule has 1 amide bonds. The Morgan fingerprint density at radius 3 is 3.12 bits per heavy atom. The molecular formula is C12H13N3O2. The summed E-state index contributed by atoms with van der Waals surface area (Å²) >= 11 is 0. The molecule has 2 atom stereocenters. The van der Waals surface area contributed by atoms with E-state index in [-0.39, 0.29) is 23.9 Å². The number of fused-ring (bicyclic) bond motifs is 1. The smallest absolute Gasteiger partial charge is 0.239 e. The van der Waals surface area contributed by atoms with E-state index in [0.717, 1.165) is 25.8 Å². The van der Waals surface area contributed by atoms with Crippen LogP contribution in [0.2, 0.25) is 0 Å². The van der Waals surface area contributed by atoms with Gasteiger partial charge in [-0.25, -0.2) is 0 Å². The van der Waals surface area contributed by atoms with Gasteiger partial charge in [0.25, 0.3) is 0 Å². The average molecular weight is 231 g/mol. The number of nitrogens with zero attached hydrogens (tertiary/aromatic N) is 2. The predicted octanol–water partition coefficient (Wildman–Crippen LogP) is 1.13. The van der Waals surface area contributed by atoms with E-state index >= 15 is 0 Å². The van der Waals surface area contributed by atoms with Crippen molar-refractivity contribution in [3.05, 3.63) is 23.7 Å². The molecular weight excluding hydrogens is 218 g/mol.